The first-order valence-corrected chi connectivity index (χ1v) is 11.3. The van der Waals surface area contributed by atoms with Crippen LogP contribution in [0.1, 0.15) is 37.4 Å². The lowest BCUT2D eigenvalue weighted by Gasteiger charge is -2.26. The summed E-state index contributed by atoms with van der Waals surface area (Å²) >= 11 is 0. The van der Waals surface area contributed by atoms with E-state index in [-0.39, 0.29) is 11.3 Å². The first-order chi connectivity index (χ1) is 15.9. The van der Waals surface area contributed by atoms with Gasteiger partial charge in [-0.15, -0.1) is 0 Å². The number of nitrogens with zero attached hydrogens (tertiary/aromatic N) is 2. The molecule has 1 unspecified atom stereocenters. The van der Waals surface area contributed by atoms with Gasteiger partial charge in [0.1, 0.15) is 17.3 Å². The Morgan fingerprint density at radius 3 is 2.30 bits per heavy atom. The minimum absolute atomic E-state index is 0.0858. The van der Waals surface area contributed by atoms with E-state index in [2.05, 4.69) is 0 Å². The van der Waals surface area contributed by atoms with E-state index in [1.54, 1.807) is 29.2 Å². The van der Waals surface area contributed by atoms with Crippen molar-refractivity contribution in [1.82, 2.24) is 9.80 Å². The van der Waals surface area contributed by atoms with Gasteiger partial charge in [-0.05, 0) is 70.7 Å². The second-order valence-corrected chi connectivity index (χ2v) is 8.11. The molecule has 0 radical (unpaired) electrons. The van der Waals surface area contributed by atoms with Crippen molar-refractivity contribution >= 4 is 17.4 Å². The molecule has 1 aliphatic rings. The van der Waals surface area contributed by atoms with Crippen LogP contribution in [0, 0.1) is 0 Å². The number of amides is 1. The second kappa shape index (κ2) is 11.0. The summed E-state index contributed by atoms with van der Waals surface area (Å²) in [6.45, 7) is 5.97. The van der Waals surface area contributed by atoms with Gasteiger partial charge in [0.25, 0.3) is 11.7 Å². The number of ketones is 1. The molecule has 7 heteroatoms. The Morgan fingerprint density at radius 1 is 1.00 bits per heavy atom. The molecule has 1 atom stereocenters. The number of carbonyl (C=O) groups is 2. The molecule has 0 spiro atoms. The molecule has 1 N–H and O–H groups in total. The maximum absolute atomic E-state index is 13.1. The van der Waals surface area contributed by atoms with Crippen molar-refractivity contribution in [1.29, 1.82) is 0 Å². The Morgan fingerprint density at radius 2 is 1.67 bits per heavy atom. The van der Waals surface area contributed by atoms with Gasteiger partial charge in [0.15, 0.2) is 0 Å². The number of hydrogen-bond donors (Lipinski definition) is 1. The third-order valence-electron chi connectivity index (χ3n) is 5.47. The number of likely N-dealkylation sites (tertiary alicyclic amines) is 1. The molecule has 7 nitrogen and oxygen atoms in total. The number of benzene rings is 2. The Labute approximate surface area is 195 Å². The van der Waals surface area contributed by atoms with Crippen molar-refractivity contribution < 1.29 is 24.2 Å². The highest BCUT2D eigenvalue weighted by atomic mass is 16.5. The van der Waals surface area contributed by atoms with E-state index in [9.17, 15) is 14.7 Å². The molecule has 2 aromatic carbocycles. The van der Waals surface area contributed by atoms with Gasteiger partial charge in [-0.3, -0.25) is 9.59 Å². The first kappa shape index (κ1) is 24.3. The lowest BCUT2D eigenvalue weighted by molar-refractivity contribution is -0.139. The quantitative estimate of drug-likeness (QED) is 0.335. The normalized spacial score (nSPS) is 17.6. The summed E-state index contributed by atoms with van der Waals surface area (Å²) < 4.78 is 11.1. The minimum atomic E-state index is -0.682. The summed E-state index contributed by atoms with van der Waals surface area (Å²) in [5, 5.41) is 11.2. The molecule has 0 bridgehead atoms. The maximum Gasteiger partial charge on any atom is 0.295 e. The van der Waals surface area contributed by atoms with Gasteiger partial charge in [-0.25, -0.2) is 0 Å². The predicted molar refractivity (Wildman–Crippen MR) is 127 cm³/mol. The van der Waals surface area contributed by atoms with Crippen LogP contribution in [-0.4, -0.2) is 67.0 Å². The Kier molecular flexibility index (Phi) is 8.11. The van der Waals surface area contributed by atoms with Crippen molar-refractivity contribution in [3.8, 4) is 11.5 Å². The molecule has 1 aliphatic heterocycles. The van der Waals surface area contributed by atoms with E-state index in [0.29, 0.717) is 43.2 Å². The van der Waals surface area contributed by atoms with E-state index >= 15 is 0 Å². The van der Waals surface area contributed by atoms with Gasteiger partial charge in [0, 0.05) is 12.1 Å². The molecule has 1 fully saturated rings. The summed E-state index contributed by atoms with van der Waals surface area (Å²) in [6.07, 6.45) is 0.702. The van der Waals surface area contributed by atoms with Crippen LogP contribution >= 0.6 is 0 Å². The van der Waals surface area contributed by atoms with Crippen molar-refractivity contribution in [2.75, 3.05) is 40.4 Å². The number of hydrogen-bond acceptors (Lipinski definition) is 6. The summed E-state index contributed by atoms with van der Waals surface area (Å²) in [7, 11) is 3.92. The lowest BCUT2D eigenvalue weighted by atomic mass is 9.95. The zero-order valence-corrected chi connectivity index (χ0v) is 19.7. The van der Waals surface area contributed by atoms with Crippen LogP contribution in [0.2, 0.25) is 0 Å². The fraction of sp³-hybridized carbons (Fsp3) is 0.385. The van der Waals surface area contributed by atoms with Crippen LogP contribution < -0.4 is 9.47 Å². The summed E-state index contributed by atoms with van der Waals surface area (Å²) in [5.74, 6) is -0.202. The van der Waals surface area contributed by atoms with Crippen LogP contribution in [0.3, 0.4) is 0 Å². The van der Waals surface area contributed by atoms with Gasteiger partial charge in [0.2, 0.25) is 0 Å². The monoisotopic (exact) mass is 452 g/mol. The van der Waals surface area contributed by atoms with Gasteiger partial charge in [-0.2, -0.15) is 0 Å². The zero-order chi connectivity index (χ0) is 24.0. The Hall–Kier alpha value is -3.32. The SMILES string of the molecule is CCOc1ccc(C2C(=C(O)c3cccc(OCC)c3)C(=O)C(=O)N2CCCN(C)C)cc1. The fourth-order valence-corrected chi connectivity index (χ4v) is 3.98. The van der Waals surface area contributed by atoms with Crippen LogP contribution in [0.15, 0.2) is 54.1 Å². The second-order valence-electron chi connectivity index (χ2n) is 8.11. The van der Waals surface area contributed by atoms with Gasteiger partial charge in [-0.1, -0.05) is 24.3 Å². The molecule has 0 aliphatic carbocycles. The van der Waals surface area contributed by atoms with E-state index in [1.807, 2.05) is 57.1 Å². The predicted octanol–water partition coefficient (Wildman–Crippen LogP) is 3.86. The van der Waals surface area contributed by atoms with Crippen molar-refractivity contribution in [3.05, 3.63) is 65.2 Å². The van der Waals surface area contributed by atoms with E-state index in [0.717, 1.165) is 12.1 Å². The van der Waals surface area contributed by atoms with Crippen LogP contribution in [0.4, 0.5) is 0 Å². The highest BCUT2D eigenvalue weighted by Gasteiger charge is 2.45. The van der Waals surface area contributed by atoms with Gasteiger partial charge >= 0.3 is 0 Å². The number of aliphatic hydroxyl groups is 1. The van der Waals surface area contributed by atoms with Crippen LogP contribution in [0.25, 0.3) is 5.76 Å². The highest BCUT2D eigenvalue weighted by molar-refractivity contribution is 6.46. The van der Waals surface area contributed by atoms with Gasteiger partial charge < -0.3 is 24.4 Å². The van der Waals surface area contributed by atoms with Crippen molar-refractivity contribution in [2.45, 2.75) is 26.3 Å². The number of rotatable bonds is 10. The number of carbonyl (C=O) groups excluding carboxylic acids is 2. The molecular formula is C26H32N2O5. The third kappa shape index (κ3) is 5.54. The molecule has 1 heterocycles. The molecule has 1 saturated heterocycles. The van der Waals surface area contributed by atoms with E-state index < -0.39 is 17.7 Å². The molecule has 0 aromatic heterocycles. The molecule has 2 aromatic rings. The molecule has 176 valence electrons. The molecular weight excluding hydrogens is 420 g/mol. The van der Waals surface area contributed by atoms with E-state index in [1.165, 1.54) is 0 Å². The minimum Gasteiger partial charge on any atom is -0.507 e. The highest BCUT2D eigenvalue weighted by Crippen LogP contribution is 2.40. The van der Waals surface area contributed by atoms with Crippen LogP contribution in [-0.2, 0) is 9.59 Å². The standard InChI is InChI=1S/C26H32N2O5/c1-5-32-20-13-11-18(12-14-20)23-22(24(29)19-9-7-10-21(17-19)33-6-2)25(30)26(31)28(23)16-8-15-27(3)4/h7,9-14,17,23,29H,5-6,8,15-16H2,1-4H3. The third-order valence-corrected chi connectivity index (χ3v) is 5.47. The Balaban J connectivity index is 2.07. The summed E-state index contributed by atoms with van der Waals surface area (Å²) in [4.78, 5) is 29.7. The van der Waals surface area contributed by atoms with Crippen LogP contribution in [0.5, 0.6) is 11.5 Å². The topological polar surface area (TPSA) is 79.3 Å². The largest absolute Gasteiger partial charge is 0.507 e. The number of ether oxygens (including phenoxy) is 2. The van der Waals surface area contributed by atoms with Gasteiger partial charge in [0.05, 0.1) is 24.8 Å². The first-order valence-electron chi connectivity index (χ1n) is 11.3. The zero-order valence-electron chi connectivity index (χ0n) is 19.7. The number of aliphatic hydroxyl groups excluding tert-OH is 1. The molecule has 33 heavy (non-hydrogen) atoms. The smallest absolute Gasteiger partial charge is 0.295 e. The van der Waals surface area contributed by atoms with E-state index in [4.69, 9.17) is 9.47 Å². The molecule has 1 amide bonds. The average Bonchev–Trinajstić information content (AvgIpc) is 3.04. The van der Waals surface area contributed by atoms with Crippen molar-refractivity contribution in [2.24, 2.45) is 0 Å². The maximum atomic E-state index is 13.1. The fourth-order valence-electron chi connectivity index (χ4n) is 3.98. The summed E-state index contributed by atoms with van der Waals surface area (Å²) in [6, 6.07) is 13.5. The average molecular weight is 453 g/mol. The molecule has 0 saturated carbocycles. The lowest BCUT2D eigenvalue weighted by Crippen LogP contribution is -2.32. The molecule has 3 rings (SSSR count). The Bertz CT molecular complexity index is 1010. The summed E-state index contributed by atoms with van der Waals surface area (Å²) in [5.41, 5.74) is 1.26. The van der Waals surface area contributed by atoms with Crippen molar-refractivity contribution in [3.63, 3.8) is 0 Å². The number of Topliss-reactive ketones (excluding diaryl/α,β-unsaturated/α-hetero) is 1.